The molecule has 0 saturated carbocycles. The molecule has 1 heterocycles. The standard InChI is InChI=1S/C12H10N4S/c1-17-11-5-3-2-4-10(11)16-12-8-14-9(6-13)7-15-12/h2-5,7-8H,1H3,(H,15,16). The van der Waals surface area contributed by atoms with Crippen molar-refractivity contribution in [3.8, 4) is 6.07 Å². The van der Waals surface area contributed by atoms with Crippen molar-refractivity contribution in [3.05, 3.63) is 42.4 Å². The van der Waals surface area contributed by atoms with Gasteiger partial charge in [-0.3, -0.25) is 0 Å². The Bertz CT molecular complexity index is 545. The smallest absolute Gasteiger partial charge is 0.158 e. The number of rotatable bonds is 3. The van der Waals surface area contributed by atoms with Gasteiger partial charge in [-0.15, -0.1) is 11.8 Å². The van der Waals surface area contributed by atoms with Crippen molar-refractivity contribution in [1.82, 2.24) is 9.97 Å². The summed E-state index contributed by atoms with van der Waals surface area (Å²) in [6, 6.07) is 9.89. The summed E-state index contributed by atoms with van der Waals surface area (Å²) in [4.78, 5) is 9.21. The molecule has 0 saturated heterocycles. The maximum atomic E-state index is 8.62. The first-order valence-corrected chi connectivity index (χ1v) is 6.18. The summed E-state index contributed by atoms with van der Waals surface area (Å²) in [5.74, 6) is 0.630. The van der Waals surface area contributed by atoms with Crippen molar-refractivity contribution < 1.29 is 0 Å². The summed E-state index contributed by atoms with van der Waals surface area (Å²) in [7, 11) is 0. The molecule has 1 N–H and O–H groups in total. The van der Waals surface area contributed by atoms with Gasteiger partial charge < -0.3 is 5.32 Å². The van der Waals surface area contributed by atoms with Gasteiger partial charge in [0, 0.05) is 4.90 Å². The van der Waals surface area contributed by atoms with Crippen LogP contribution in [0.2, 0.25) is 0 Å². The maximum absolute atomic E-state index is 8.62. The Morgan fingerprint density at radius 1 is 1.24 bits per heavy atom. The fraction of sp³-hybridized carbons (Fsp3) is 0.0833. The van der Waals surface area contributed by atoms with Crippen LogP contribution in [0.25, 0.3) is 0 Å². The number of benzene rings is 1. The lowest BCUT2D eigenvalue weighted by atomic mass is 10.3. The van der Waals surface area contributed by atoms with Gasteiger partial charge in [-0.1, -0.05) is 12.1 Å². The van der Waals surface area contributed by atoms with Crippen molar-refractivity contribution in [2.24, 2.45) is 0 Å². The Labute approximate surface area is 104 Å². The molecule has 0 atom stereocenters. The first kappa shape index (κ1) is 11.4. The highest BCUT2D eigenvalue weighted by atomic mass is 32.2. The van der Waals surface area contributed by atoms with E-state index < -0.39 is 0 Å². The summed E-state index contributed by atoms with van der Waals surface area (Å²) in [5, 5.41) is 11.8. The first-order valence-electron chi connectivity index (χ1n) is 4.95. The lowest BCUT2D eigenvalue weighted by Gasteiger charge is -2.08. The third kappa shape index (κ3) is 2.74. The number of nitrogens with zero attached hydrogens (tertiary/aromatic N) is 3. The molecule has 84 valence electrons. The summed E-state index contributed by atoms with van der Waals surface area (Å²) >= 11 is 1.66. The predicted molar refractivity (Wildman–Crippen MR) is 68.3 cm³/mol. The first-order chi connectivity index (χ1) is 8.33. The van der Waals surface area contributed by atoms with E-state index in [4.69, 9.17) is 5.26 Å². The van der Waals surface area contributed by atoms with E-state index in [0.717, 1.165) is 10.6 Å². The van der Waals surface area contributed by atoms with Crippen LogP contribution in [0.15, 0.2) is 41.6 Å². The Hall–Kier alpha value is -2.06. The van der Waals surface area contributed by atoms with E-state index in [1.165, 1.54) is 6.20 Å². The van der Waals surface area contributed by atoms with Crippen molar-refractivity contribution in [1.29, 1.82) is 5.26 Å². The topological polar surface area (TPSA) is 61.6 Å². The number of para-hydroxylation sites is 1. The lowest BCUT2D eigenvalue weighted by Crippen LogP contribution is -1.96. The van der Waals surface area contributed by atoms with Crippen LogP contribution in [-0.4, -0.2) is 16.2 Å². The number of hydrogen-bond acceptors (Lipinski definition) is 5. The third-order valence-electron chi connectivity index (χ3n) is 2.14. The van der Waals surface area contributed by atoms with Gasteiger partial charge in [0.05, 0.1) is 18.1 Å². The second-order valence-electron chi connectivity index (χ2n) is 3.22. The monoisotopic (exact) mass is 242 g/mol. The number of nitriles is 1. The second kappa shape index (κ2) is 5.32. The van der Waals surface area contributed by atoms with Crippen LogP contribution < -0.4 is 5.32 Å². The molecule has 5 heteroatoms. The number of nitrogens with one attached hydrogen (secondary N) is 1. The molecular formula is C12H10N4S. The Balaban J connectivity index is 2.22. The van der Waals surface area contributed by atoms with Crippen molar-refractivity contribution in [3.63, 3.8) is 0 Å². The molecule has 0 aliphatic carbocycles. The molecule has 1 aromatic heterocycles. The summed E-state index contributed by atoms with van der Waals surface area (Å²) in [6.45, 7) is 0. The SMILES string of the molecule is CSc1ccccc1Nc1cnc(C#N)cn1. The fourth-order valence-corrected chi connectivity index (χ4v) is 1.89. The van der Waals surface area contributed by atoms with Gasteiger partial charge in [-0.2, -0.15) is 5.26 Å². The average Bonchev–Trinajstić information content (AvgIpc) is 2.40. The minimum atomic E-state index is 0.314. The lowest BCUT2D eigenvalue weighted by molar-refractivity contribution is 1.16. The van der Waals surface area contributed by atoms with Crippen LogP contribution in [0.4, 0.5) is 11.5 Å². The minimum Gasteiger partial charge on any atom is -0.338 e. The molecule has 0 unspecified atom stereocenters. The molecule has 2 aromatic rings. The largest absolute Gasteiger partial charge is 0.338 e. The molecule has 0 bridgehead atoms. The Morgan fingerprint density at radius 2 is 2.06 bits per heavy atom. The van der Waals surface area contributed by atoms with Gasteiger partial charge in [0.1, 0.15) is 11.9 Å². The van der Waals surface area contributed by atoms with Crippen LogP contribution in [0.5, 0.6) is 0 Å². The summed E-state index contributed by atoms with van der Waals surface area (Å²) < 4.78 is 0. The van der Waals surface area contributed by atoms with Gasteiger partial charge in [0.15, 0.2) is 5.69 Å². The van der Waals surface area contributed by atoms with Crippen molar-refractivity contribution >= 4 is 23.3 Å². The highest BCUT2D eigenvalue weighted by Crippen LogP contribution is 2.26. The zero-order valence-electron chi connectivity index (χ0n) is 9.21. The number of thioether (sulfide) groups is 1. The molecule has 0 amide bonds. The molecule has 0 aliphatic heterocycles. The minimum absolute atomic E-state index is 0.314. The van der Waals surface area contributed by atoms with Gasteiger partial charge >= 0.3 is 0 Å². The molecule has 0 fully saturated rings. The normalized spacial score (nSPS) is 9.65. The van der Waals surface area contributed by atoms with Gasteiger partial charge in [0.25, 0.3) is 0 Å². The number of anilines is 2. The van der Waals surface area contributed by atoms with Crippen LogP contribution in [0.3, 0.4) is 0 Å². The zero-order valence-corrected chi connectivity index (χ0v) is 10.0. The Kier molecular flexibility index (Phi) is 3.58. The summed E-state index contributed by atoms with van der Waals surface area (Å²) in [5.41, 5.74) is 1.30. The molecule has 0 spiro atoms. The molecule has 17 heavy (non-hydrogen) atoms. The molecule has 4 nitrogen and oxygen atoms in total. The fourth-order valence-electron chi connectivity index (χ4n) is 1.34. The van der Waals surface area contributed by atoms with E-state index in [9.17, 15) is 0 Å². The van der Waals surface area contributed by atoms with E-state index in [-0.39, 0.29) is 0 Å². The quantitative estimate of drug-likeness (QED) is 0.838. The average molecular weight is 242 g/mol. The number of aromatic nitrogens is 2. The van der Waals surface area contributed by atoms with Crippen molar-refractivity contribution in [2.45, 2.75) is 4.90 Å². The Morgan fingerprint density at radius 3 is 2.71 bits per heavy atom. The summed E-state index contributed by atoms with van der Waals surface area (Å²) in [6.07, 6.45) is 5.02. The van der Waals surface area contributed by atoms with Gasteiger partial charge in [-0.05, 0) is 18.4 Å². The van der Waals surface area contributed by atoms with Crippen LogP contribution in [0, 0.1) is 11.3 Å². The van der Waals surface area contributed by atoms with E-state index in [0.29, 0.717) is 11.5 Å². The second-order valence-corrected chi connectivity index (χ2v) is 4.07. The maximum Gasteiger partial charge on any atom is 0.158 e. The number of hydrogen-bond donors (Lipinski definition) is 1. The van der Waals surface area contributed by atoms with E-state index in [1.54, 1.807) is 18.0 Å². The van der Waals surface area contributed by atoms with E-state index in [2.05, 4.69) is 15.3 Å². The van der Waals surface area contributed by atoms with E-state index in [1.807, 2.05) is 36.6 Å². The van der Waals surface area contributed by atoms with Crippen molar-refractivity contribution in [2.75, 3.05) is 11.6 Å². The highest BCUT2D eigenvalue weighted by Gasteiger charge is 2.02. The van der Waals surface area contributed by atoms with Crippen LogP contribution in [-0.2, 0) is 0 Å². The van der Waals surface area contributed by atoms with Crippen LogP contribution in [0.1, 0.15) is 5.69 Å². The molecule has 1 aromatic carbocycles. The zero-order chi connectivity index (χ0) is 12.1. The van der Waals surface area contributed by atoms with E-state index >= 15 is 0 Å². The molecule has 2 rings (SSSR count). The van der Waals surface area contributed by atoms with Gasteiger partial charge in [0.2, 0.25) is 0 Å². The molecule has 0 aliphatic rings. The third-order valence-corrected chi connectivity index (χ3v) is 2.93. The van der Waals surface area contributed by atoms with Gasteiger partial charge in [-0.25, -0.2) is 9.97 Å². The predicted octanol–water partition coefficient (Wildman–Crippen LogP) is 2.81. The highest BCUT2D eigenvalue weighted by molar-refractivity contribution is 7.98. The molecule has 0 radical (unpaired) electrons. The van der Waals surface area contributed by atoms with Crippen LogP contribution >= 0.6 is 11.8 Å². The molecular weight excluding hydrogens is 232 g/mol.